The van der Waals surface area contributed by atoms with Gasteiger partial charge in [0.05, 0.1) is 11.1 Å². The van der Waals surface area contributed by atoms with Crippen LogP contribution in [0.2, 0.25) is 0 Å². The summed E-state index contributed by atoms with van der Waals surface area (Å²) in [7, 11) is 0. The average Bonchev–Trinajstić information content (AvgIpc) is 3.39. The van der Waals surface area contributed by atoms with Crippen LogP contribution < -0.4 is 5.32 Å². The number of urea groups is 1. The van der Waals surface area contributed by atoms with Gasteiger partial charge in [0.15, 0.2) is 5.76 Å². The number of nitrogens with zero attached hydrogens (tertiary/aromatic N) is 2. The van der Waals surface area contributed by atoms with E-state index in [1.807, 2.05) is 45.8 Å². The molecule has 0 bridgehead atoms. The van der Waals surface area contributed by atoms with Crippen LogP contribution in [0, 0.1) is 0 Å². The fourth-order valence-electron chi connectivity index (χ4n) is 3.93. The molecule has 3 heterocycles. The van der Waals surface area contributed by atoms with Gasteiger partial charge >= 0.3 is 6.03 Å². The van der Waals surface area contributed by atoms with E-state index in [1.54, 1.807) is 12.1 Å². The summed E-state index contributed by atoms with van der Waals surface area (Å²) in [5.41, 5.74) is 2.06. The van der Waals surface area contributed by atoms with Gasteiger partial charge in [-0.15, -0.1) is 11.8 Å². The van der Waals surface area contributed by atoms with Crippen LogP contribution in [0.25, 0.3) is 0 Å². The summed E-state index contributed by atoms with van der Waals surface area (Å²) in [5, 5.41) is 2.98. The van der Waals surface area contributed by atoms with Crippen molar-refractivity contribution in [3.05, 3.63) is 54.0 Å². The van der Waals surface area contributed by atoms with Crippen LogP contribution in [-0.2, 0) is 6.42 Å². The fourth-order valence-corrected chi connectivity index (χ4v) is 5.38. The zero-order valence-corrected chi connectivity index (χ0v) is 16.8. The third-order valence-corrected chi connectivity index (χ3v) is 7.15. The molecule has 2 fully saturated rings. The average molecular weight is 400 g/mol. The van der Waals surface area contributed by atoms with Gasteiger partial charge in [0.2, 0.25) is 0 Å². The third-order valence-electron chi connectivity index (χ3n) is 5.60. The Morgan fingerprint density at radius 3 is 2.54 bits per heavy atom. The number of amides is 3. The summed E-state index contributed by atoms with van der Waals surface area (Å²) in [6.45, 7) is 4.10. The molecule has 2 aromatic rings. The van der Waals surface area contributed by atoms with Gasteiger partial charge in [0.1, 0.15) is 0 Å². The molecular weight excluding hydrogens is 374 g/mol. The summed E-state index contributed by atoms with van der Waals surface area (Å²) in [6, 6.07) is 11.3. The number of carbonyl (C=O) groups is 2. The molecule has 6 nitrogen and oxygen atoms in total. The van der Waals surface area contributed by atoms with Crippen molar-refractivity contribution < 1.29 is 14.0 Å². The van der Waals surface area contributed by atoms with E-state index in [2.05, 4.69) is 12.2 Å². The Kier molecular flexibility index (Phi) is 5.35. The maximum absolute atomic E-state index is 12.8. The van der Waals surface area contributed by atoms with Crippen LogP contribution in [0.3, 0.4) is 0 Å². The number of furan rings is 1. The molecule has 2 aliphatic rings. The van der Waals surface area contributed by atoms with Gasteiger partial charge in [-0.1, -0.05) is 19.1 Å². The van der Waals surface area contributed by atoms with Crippen molar-refractivity contribution in [3.8, 4) is 0 Å². The first-order valence-electron chi connectivity index (χ1n) is 9.75. The van der Waals surface area contributed by atoms with E-state index in [9.17, 15) is 9.59 Å². The minimum absolute atomic E-state index is 0.0519. The van der Waals surface area contributed by atoms with Crippen molar-refractivity contribution in [2.75, 3.05) is 30.7 Å². The van der Waals surface area contributed by atoms with Crippen molar-refractivity contribution >= 4 is 29.4 Å². The van der Waals surface area contributed by atoms with Crippen LogP contribution in [-0.4, -0.2) is 52.0 Å². The van der Waals surface area contributed by atoms with Crippen molar-refractivity contribution in [3.63, 3.8) is 0 Å². The lowest BCUT2D eigenvalue weighted by Gasteiger charge is -2.43. The SMILES string of the molecule is CCc1ccc(NC(=O)N2CCC3(CC2)SCCN3C(=O)c2ccco2)cc1. The highest BCUT2D eigenvalue weighted by atomic mass is 32.2. The Labute approximate surface area is 169 Å². The van der Waals surface area contributed by atoms with E-state index >= 15 is 0 Å². The van der Waals surface area contributed by atoms with Gasteiger partial charge in [-0.3, -0.25) is 4.79 Å². The summed E-state index contributed by atoms with van der Waals surface area (Å²) in [4.78, 5) is 29.0. The van der Waals surface area contributed by atoms with E-state index < -0.39 is 0 Å². The first-order valence-corrected chi connectivity index (χ1v) is 10.7. The van der Waals surface area contributed by atoms with Crippen molar-refractivity contribution in [2.24, 2.45) is 0 Å². The lowest BCUT2D eigenvalue weighted by Crippen LogP contribution is -2.54. The molecule has 1 N–H and O–H groups in total. The van der Waals surface area contributed by atoms with Gasteiger partial charge in [-0.2, -0.15) is 0 Å². The topological polar surface area (TPSA) is 65.8 Å². The van der Waals surface area contributed by atoms with Gasteiger partial charge < -0.3 is 19.5 Å². The number of nitrogens with one attached hydrogen (secondary N) is 1. The number of carbonyl (C=O) groups excluding carboxylic acids is 2. The summed E-state index contributed by atoms with van der Waals surface area (Å²) >= 11 is 1.83. The predicted octanol–water partition coefficient (Wildman–Crippen LogP) is 4.06. The first kappa shape index (κ1) is 18.9. The first-order chi connectivity index (χ1) is 13.6. The number of aryl methyl sites for hydroxylation is 1. The zero-order chi connectivity index (χ0) is 19.6. The number of piperidine rings is 1. The minimum atomic E-state index is -0.233. The molecule has 3 amide bonds. The van der Waals surface area contributed by atoms with Crippen LogP contribution >= 0.6 is 11.8 Å². The second kappa shape index (κ2) is 7.91. The molecule has 0 aliphatic carbocycles. The molecular formula is C21H25N3O3S. The van der Waals surface area contributed by atoms with E-state index in [1.165, 1.54) is 11.8 Å². The van der Waals surface area contributed by atoms with Gasteiger partial charge in [-0.05, 0) is 49.1 Å². The van der Waals surface area contributed by atoms with Crippen molar-refractivity contribution in [1.82, 2.24) is 9.80 Å². The third kappa shape index (κ3) is 3.63. The van der Waals surface area contributed by atoms with Crippen LogP contribution in [0.5, 0.6) is 0 Å². The quantitative estimate of drug-likeness (QED) is 0.845. The molecule has 7 heteroatoms. The summed E-state index contributed by atoms with van der Waals surface area (Å²) in [6.07, 6.45) is 4.05. The van der Waals surface area contributed by atoms with E-state index in [0.29, 0.717) is 18.8 Å². The molecule has 4 rings (SSSR count). The standard InChI is InChI=1S/C21H25N3O3S/c1-2-16-5-7-17(8-6-16)22-20(26)23-11-9-21(10-12-23)24(13-15-28-21)19(25)18-4-3-14-27-18/h3-8,14H,2,9-13,15H2,1H3,(H,22,26). The highest BCUT2D eigenvalue weighted by Gasteiger charge is 2.47. The number of likely N-dealkylation sites (tertiary alicyclic amines) is 1. The fraction of sp³-hybridized carbons (Fsp3) is 0.429. The lowest BCUT2D eigenvalue weighted by atomic mass is 10.0. The van der Waals surface area contributed by atoms with E-state index in [0.717, 1.165) is 37.2 Å². The maximum Gasteiger partial charge on any atom is 0.321 e. The number of rotatable bonds is 3. The second-order valence-corrected chi connectivity index (χ2v) is 8.65. The smallest absolute Gasteiger partial charge is 0.321 e. The molecule has 0 saturated carbocycles. The Morgan fingerprint density at radius 1 is 1.14 bits per heavy atom. The highest BCUT2D eigenvalue weighted by molar-refractivity contribution is 8.00. The molecule has 1 aromatic carbocycles. The number of benzene rings is 1. The van der Waals surface area contributed by atoms with E-state index in [-0.39, 0.29) is 16.8 Å². The minimum Gasteiger partial charge on any atom is -0.459 e. The number of anilines is 1. The Bertz CT molecular complexity index is 827. The van der Waals surface area contributed by atoms with Crippen LogP contribution in [0.1, 0.15) is 35.9 Å². The van der Waals surface area contributed by atoms with Crippen LogP contribution in [0.4, 0.5) is 10.5 Å². The molecule has 0 unspecified atom stereocenters. The molecule has 0 atom stereocenters. The molecule has 1 aromatic heterocycles. The number of hydrogen-bond donors (Lipinski definition) is 1. The second-order valence-electron chi connectivity index (χ2n) is 7.20. The largest absolute Gasteiger partial charge is 0.459 e. The van der Waals surface area contributed by atoms with Gasteiger partial charge in [-0.25, -0.2) is 4.79 Å². The molecule has 2 saturated heterocycles. The normalized spacial score (nSPS) is 18.5. The van der Waals surface area contributed by atoms with E-state index in [4.69, 9.17) is 4.42 Å². The van der Waals surface area contributed by atoms with Gasteiger partial charge in [0.25, 0.3) is 5.91 Å². The Balaban J connectivity index is 1.37. The summed E-state index contributed by atoms with van der Waals surface area (Å²) in [5.74, 6) is 1.25. The molecule has 0 radical (unpaired) electrons. The number of hydrogen-bond acceptors (Lipinski definition) is 4. The molecule has 28 heavy (non-hydrogen) atoms. The number of thioether (sulfide) groups is 1. The Morgan fingerprint density at radius 2 is 1.89 bits per heavy atom. The molecule has 1 spiro atoms. The van der Waals surface area contributed by atoms with Crippen LogP contribution in [0.15, 0.2) is 47.1 Å². The lowest BCUT2D eigenvalue weighted by molar-refractivity contribution is 0.0554. The predicted molar refractivity (Wildman–Crippen MR) is 111 cm³/mol. The monoisotopic (exact) mass is 399 g/mol. The zero-order valence-electron chi connectivity index (χ0n) is 16.0. The van der Waals surface area contributed by atoms with Gasteiger partial charge in [0, 0.05) is 31.1 Å². The van der Waals surface area contributed by atoms with Crippen molar-refractivity contribution in [2.45, 2.75) is 31.1 Å². The molecule has 2 aliphatic heterocycles. The maximum atomic E-state index is 12.8. The van der Waals surface area contributed by atoms with Crippen molar-refractivity contribution in [1.29, 1.82) is 0 Å². The highest BCUT2D eigenvalue weighted by Crippen LogP contribution is 2.44. The molecule has 148 valence electrons. The Hall–Kier alpha value is -2.41. The summed E-state index contributed by atoms with van der Waals surface area (Å²) < 4.78 is 5.31.